The van der Waals surface area contributed by atoms with Gasteiger partial charge in [0.2, 0.25) is 0 Å². The Morgan fingerprint density at radius 1 is 1.47 bits per heavy atom. The molecular weight excluding hydrogens is 214 g/mol. The second-order valence-corrected chi connectivity index (χ2v) is 5.44. The first-order valence-electron chi connectivity index (χ1n) is 6.77. The van der Waals surface area contributed by atoms with E-state index in [-0.39, 0.29) is 5.91 Å². The number of carbonyl (C=O) groups is 1. The molecule has 0 radical (unpaired) electrons. The molecule has 0 spiro atoms. The van der Waals surface area contributed by atoms with Gasteiger partial charge in [0.15, 0.2) is 5.96 Å². The molecule has 2 atom stereocenters. The van der Waals surface area contributed by atoms with Crippen LogP contribution in [-0.2, 0) is 4.79 Å². The lowest BCUT2D eigenvalue weighted by Gasteiger charge is -2.27. The molecule has 2 fully saturated rings. The third-order valence-electron chi connectivity index (χ3n) is 3.88. The van der Waals surface area contributed by atoms with Gasteiger partial charge in [0.1, 0.15) is 5.54 Å². The van der Waals surface area contributed by atoms with E-state index in [4.69, 9.17) is 0 Å². The van der Waals surface area contributed by atoms with Crippen LogP contribution in [0.1, 0.15) is 52.9 Å². The summed E-state index contributed by atoms with van der Waals surface area (Å²) >= 11 is 0. The van der Waals surface area contributed by atoms with Gasteiger partial charge in [0.25, 0.3) is 5.91 Å². The summed E-state index contributed by atoms with van der Waals surface area (Å²) < 4.78 is 0. The van der Waals surface area contributed by atoms with Crippen molar-refractivity contribution in [2.75, 3.05) is 0 Å². The van der Waals surface area contributed by atoms with Gasteiger partial charge in [-0.2, -0.15) is 0 Å². The highest BCUT2D eigenvalue weighted by molar-refractivity contribution is 6.09. The molecule has 4 heteroatoms. The van der Waals surface area contributed by atoms with Crippen molar-refractivity contribution in [2.45, 2.75) is 64.5 Å². The summed E-state index contributed by atoms with van der Waals surface area (Å²) in [6.07, 6.45) is 5.12. The highest BCUT2D eigenvalue weighted by Gasteiger charge is 2.44. The van der Waals surface area contributed by atoms with E-state index in [0.29, 0.717) is 17.9 Å². The number of amides is 1. The highest BCUT2D eigenvalue weighted by Crippen LogP contribution is 2.28. The molecule has 0 aromatic carbocycles. The molecule has 2 unspecified atom stereocenters. The molecule has 1 saturated carbocycles. The van der Waals surface area contributed by atoms with Crippen LogP contribution >= 0.6 is 0 Å². The summed E-state index contributed by atoms with van der Waals surface area (Å²) in [4.78, 5) is 16.6. The minimum Gasteiger partial charge on any atom is -0.342 e. The molecule has 17 heavy (non-hydrogen) atoms. The van der Waals surface area contributed by atoms with Crippen molar-refractivity contribution in [3.63, 3.8) is 0 Å². The number of hydrogen-bond acceptors (Lipinski definition) is 2. The van der Waals surface area contributed by atoms with Crippen LogP contribution in [0.2, 0.25) is 0 Å². The monoisotopic (exact) mass is 237 g/mol. The minimum absolute atomic E-state index is 0.0969. The second kappa shape index (κ2) is 4.67. The zero-order valence-electron chi connectivity index (χ0n) is 11.0. The molecule has 1 aliphatic carbocycles. The molecule has 0 aromatic rings. The molecule has 1 saturated heterocycles. The Morgan fingerprint density at radius 2 is 2.18 bits per heavy atom. The first-order valence-corrected chi connectivity index (χ1v) is 6.77. The van der Waals surface area contributed by atoms with E-state index in [1.54, 1.807) is 0 Å². The van der Waals surface area contributed by atoms with Crippen LogP contribution in [0.25, 0.3) is 0 Å². The Balaban J connectivity index is 2.08. The lowest BCUT2D eigenvalue weighted by atomic mass is 9.85. The topological polar surface area (TPSA) is 53.5 Å². The average molecular weight is 237 g/mol. The summed E-state index contributed by atoms with van der Waals surface area (Å²) in [6.45, 7) is 6.43. The van der Waals surface area contributed by atoms with Crippen LogP contribution in [0.5, 0.6) is 0 Å². The zero-order valence-corrected chi connectivity index (χ0v) is 11.0. The Hall–Kier alpha value is -1.06. The first kappa shape index (κ1) is 12.4. The van der Waals surface area contributed by atoms with Crippen molar-refractivity contribution in [2.24, 2.45) is 10.9 Å². The Bertz CT molecular complexity index is 336. The number of guanidine groups is 1. The van der Waals surface area contributed by atoms with Crippen molar-refractivity contribution in [3.05, 3.63) is 0 Å². The van der Waals surface area contributed by atoms with Gasteiger partial charge < -0.3 is 5.32 Å². The first-order chi connectivity index (χ1) is 8.09. The van der Waals surface area contributed by atoms with E-state index in [1.807, 2.05) is 0 Å². The Kier molecular flexibility index (Phi) is 3.40. The summed E-state index contributed by atoms with van der Waals surface area (Å²) in [6, 6.07) is 0.439. The van der Waals surface area contributed by atoms with E-state index in [9.17, 15) is 4.79 Å². The normalized spacial score (nSPS) is 32.4. The lowest BCUT2D eigenvalue weighted by molar-refractivity contribution is -0.124. The van der Waals surface area contributed by atoms with Crippen LogP contribution < -0.4 is 10.6 Å². The van der Waals surface area contributed by atoms with Gasteiger partial charge in [-0.05, 0) is 31.6 Å². The van der Waals surface area contributed by atoms with Crippen LogP contribution in [0.3, 0.4) is 0 Å². The fraction of sp³-hybridized carbons (Fsp3) is 0.846. The van der Waals surface area contributed by atoms with Crippen molar-refractivity contribution in [1.29, 1.82) is 0 Å². The molecule has 0 aromatic heterocycles. The molecule has 2 N–H and O–H groups in total. The number of nitrogens with one attached hydrogen (secondary N) is 2. The summed E-state index contributed by atoms with van der Waals surface area (Å²) in [5.41, 5.74) is -0.427. The predicted octanol–water partition coefficient (Wildman–Crippen LogP) is 1.81. The van der Waals surface area contributed by atoms with E-state index in [2.05, 4.69) is 36.4 Å². The maximum atomic E-state index is 12.1. The predicted molar refractivity (Wildman–Crippen MR) is 68.8 cm³/mol. The summed E-state index contributed by atoms with van der Waals surface area (Å²) in [5, 5.41) is 6.23. The standard InChI is InChI=1S/C13H23N3O/c1-4-9(3)8-13(5-2)11(17)15-12(16-13)14-10-6-7-10/h9-10H,4-8H2,1-3H3,(H2,14,15,16,17). The third-order valence-corrected chi connectivity index (χ3v) is 3.88. The van der Waals surface area contributed by atoms with Gasteiger partial charge in [-0.1, -0.05) is 27.2 Å². The quantitative estimate of drug-likeness (QED) is 0.766. The highest BCUT2D eigenvalue weighted by atomic mass is 16.2. The van der Waals surface area contributed by atoms with Crippen LogP contribution in [0, 0.1) is 5.92 Å². The maximum Gasteiger partial charge on any atom is 0.252 e. The molecule has 1 aliphatic heterocycles. The maximum absolute atomic E-state index is 12.1. The molecule has 2 aliphatic rings. The molecule has 2 rings (SSSR count). The van der Waals surface area contributed by atoms with Crippen molar-refractivity contribution >= 4 is 11.9 Å². The van der Waals surface area contributed by atoms with Crippen molar-refractivity contribution in [3.8, 4) is 0 Å². The summed E-state index contributed by atoms with van der Waals surface area (Å²) in [5.74, 6) is 1.34. The number of carbonyl (C=O) groups excluding carboxylic acids is 1. The van der Waals surface area contributed by atoms with Crippen LogP contribution in [0.4, 0.5) is 0 Å². The van der Waals surface area contributed by atoms with Gasteiger partial charge in [-0.25, -0.2) is 4.99 Å². The number of aliphatic imine (C=N–C) groups is 1. The van der Waals surface area contributed by atoms with E-state index >= 15 is 0 Å². The van der Waals surface area contributed by atoms with Gasteiger partial charge in [-0.15, -0.1) is 0 Å². The smallest absolute Gasteiger partial charge is 0.252 e. The lowest BCUT2D eigenvalue weighted by Crippen LogP contribution is -2.47. The molecular formula is C13H23N3O. The van der Waals surface area contributed by atoms with Gasteiger partial charge in [0.05, 0.1) is 6.04 Å². The molecule has 1 amide bonds. The molecule has 1 heterocycles. The molecule has 96 valence electrons. The minimum atomic E-state index is -0.427. The van der Waals surface area contributed by atoms with Gasteiger partial charge in [-0.3, -0.25) is 10.1 Å². The fourth-order valence-electron chi connectivity index (χ4n) is 2.27. The van der Waals surface area contributed by atoms with Gasteiger partial charge >= 0.3 is 0 Å². The van der Waals surface area contributed by atoms with Crippen LogP contribution in [0.15, 0.2) is 4.99 Å². The largest absolute Gasteiger partial charge is 0.342 e. The van der Waals surface area contributed by atoms with E-state index in [0.717, 1.165) is 32.1 Å². The van der Waals surface area contributed by atoms with Crippen LogP contribution in [-0.4, -0.2) is 23.4 Å². The average Bonchev–Trinajstić information content (AvgIpc) is 3.05. The van der Waals surface area contributed by atoms with Crippen molar-refractivity contribution in [1.82, 2.24) is 10.6 Å². The zero-order chi connectivity index (χ0) is 12.5. The number of rotatable bonds is 5. The number of nitrogens with zero attached hydrogens (tertiary/aromatic N) is 1. The second-order valence-electron chi connectivity index (χ2n) is 5.44. The molecule has 0 bridgehead atoms. The Morgan fingerprint density at radius 3 is 2.71 bits per heavy atom. The molecule has 4 nitrogen and oxygen atoms in total. The van der Waals surface area contributed by atoms with E-state index in [1.165, 1.54) is 0 Å². The SMILES string of the molecule is CCC(C)CC1(CC)NC(=NC2CC2)NC1=O. The summed E-state index contributed by atoms with van der Waals surface area (Å²) in [7, 11) is 0. The van der Waals surface area contributed by atoms with Gasteiger partial charge in [0, 0.05) is 0 Å². The van der Waals surface area contributed by atoms with Crippen molar-refractivity contribution < 1.29 is 4.79 Å². The Labute approximate surface area is 103 Å². The fourth-order valence-corrected chi connectivity index (χ4v) is 2.27. The van der Waals surface area contributed by atoms with E-state index < -0.39 is 5.54 Å². The third kappa shape index (κ3) is 2.61. The number of hydrogen-bond donors (Lipinski definition) is 2.